The molecule has 1 aromatic carbocycles. The highest BCUT2D eigenvalue weighted by molar-refractivity contribution is 6.05. The van der Waals surface area contributed by atoms with Crippen LogP contribution in [0.25, 0.3) is 0 Å². The van der Waals surface area contributed by atoms with Crippen LogP contribution in [0, 0.1) is 0 Å². The Hall–Kier alpha value is -2.25. The molecular formula is C21H28N4O3. The van der Waals surface area contributed by atoms with Crippen molar-refractivity contribution in [3.05, 3.63) is 34.9 Å². The fourth-order valence-electron chi connectivity index (χ4n) is 4.79. The molecule has 1 unspecified atom stereocenters. The number of piperidine rings is 1. The lowest BCUT2D eigenvalue weighted by Gasteiger charge is -2.36. The summed E-state index contributed by atoms with van der Waals surface area (Å²) >= 11 is 0. The minimum Gasteiger partial charge on any atom is -0.326 e. The lowest BCUT2D eigenvalue weighted by molar-refractivity contribution is -0.136. The zero-order valence-corrected chi connectivity index (χ0v) is 16.3. The first-order valence-corrected chi connectivity index (χ1v) is 10.2. The van der Waals surface area contributed by atoms with Crippen molar-refractivity contribution < 1.29 is 14.4 Å². The molecule has 4 rings (SSSR count). The Kier molecular flexibility index (Phi) is 5.21. The quantitative estimate of drug-likeness (QED) is 0.759. The van der Waals surface area contributed by atoms with E-state index >= 15 is 0 Å². The van der Waals surface area contributed by atoms with E-state index in [9.17, 15) is 14.4 Å². The summed E-state index contributed by atoms with van der Waals surface area (Å²) in [7, 11) is 2.10. The van der Waals surface area contributed by atoms with Gasteiger partial charge >= 0.3 is 0 Å². The molecule has 3 amide bonds. The fraction of sp³-hybridized carbons (Fsp3) is 0.571. The Morgan fingerprint density at radius 2 is 1.96 bits per heavy atom. The number of fused-ring (bicyclic) bond motifs is 1. The third-order valence-corrected chi connectivity index (χ3v) is 6.37. The number of nitrogens with zero attached hydrogens (tertiary/aromatic N) is 2. The van der Waals surface area contributed by atoms with Crippen LogP contribution in [-0.4, -0.2) is 52.7 Å². The molecule has 2 aliphatic heterocycles. The first-order chi connectivity index (χ1) is 13.4. The summed E-state index contributed by atoms with van der Waals surface area (Å²) < 4.78 is 0. The number of amides is 3. The SMILES string of the molecule is CN(Cc1ccc2c(c1)C(=O)N(C1CCC(=O)NC1=O)C2)[C@@H]1CCCC[C@@H]1N. The van der Waals surface area contributed by atoms with E-state index in [4.69, 9.17) is 5.73 Å². The lowest BCUT2D eigenvalue weighted by Crippen LogP contribution is -2.52. The number of hydrogen-bond donors (Lipinski definition) is 2. The molecule has 1 aliphatic carbocycles. The molecular weight excluding hydrogens is 356 g/mol. The van der Waals surface area contributed by atoms with Gasteiger partial charge in [-0.1, -0.05) is 25.0 Å². The molecule has 1 aromatic rings. The van der Waals surface area contributed by atoms with Crippen LogP contribution in [0.4, 0.5) is 0 Å². The van der Waals surface area contributed by atoms with Crippen LogP contribution in [-0.2, 0) is 22.7 Å². The van der Waals surface area contributed by atoms with Crippen molar-refractivity contribution in [3.63, 3.8) is 0 Å². The molecule has 150 valence electrons. The highest BCUT2D eigenvalue weighted by Crippen LogP contribution is 2.29. The predicted molar refractivity (Wildman–Crippen MR) is 104 cm³/mol. The number of carbonyl (C=O) groups is 3. The highest BCUT2D eigenvalue weighted by atomic mass is 16.2. The Labute approximate surface area is 165 Å². The smallest absolute Gasteiger partial charge is 0.255 e. The third kappa shape index (κ3) is 3.56. The van der Waals surface area contributed by atoms with Crippen molar-refractivity contribution in [2.45, 2.75) is 69.7 Å². The van der Waals surface area contributed by atoms with E-state index in [2.05, 4.69) is 23.3 Å². The number of nitrogens with one attached hydrogen (secondary N) is 1. The van der Waals surface area contributed by atoms with Gasteiger partial charge in [0.2, 0.25) is 11.8 Å². The van der Waals surface area contributed by atoms with E-state index in [0.717, 1.165) is 30.5 Å². The average Bonchev–Trinajstić information content (AvgIpc) is 2.98. The number of benzene rings is 1. The van der Waals surface area contributed by atoms with Gasteiger partial charge < -0.3 is 10.6 Å². The summed E-state index contributed by atoms with van der Waals surface area (Å²) in [5.41, 5.74) is 9.00. The number of nitrogens with two attached hydrogens (primary N) is 1. The Balaban J connectivity index is 1.47. The van der Waals surface area contributed by atoms with Crippen molar-refractivity contribution in [3.8, 4) is 0 Å². The van der Waals surface area contributed by atoms with E-state index in [0.29, 0.717) is 24.6 Å². The van der Waals surface area contributed by atoms with Gasteiger partial charge in [-0.05, 0) is 43.5 Å². The van der Waals surface area contributed by atoms with Crippen molar-refractivity contribution in [2.75, 3.05) is 7.05 Å². The number of likely N-dealkylation sites (N-methyl/N-ethyl adjacent to an activating group) is 1. The van der Waals surface area contributed by atoms with Gasteiger partial charge in [-0.3, -0.25) is 24.6 Å². The summed E-state index contributed by atoms with van der Waals surface area (Å²) in [4.78, 5) is 40.4. The molecule has 2 heterocycles. The third-order valence-electron chi connectivity index (χ3n) is 6.37. The van der Waals surface area contributed by atoms with E-state index in [1.165, 1.54) is 12.8 Å². The molecule has 3 aliphatic rings. The Morgan fingerprint density at radius 1 is 1.18 bits per heavy atom. The Bertz CT molecular complexity index is 809. The van der Waals surface area contributed by atoms with Gasteiger partial charge in [0, 0.05) is 37.2 Å². The Morgan fingerprint density at radius 3 is 2.71 bits per heavy atom. The topological polar surface area (TPSA) is 95.7 Å². The fourth-order valence-corrected chi connectivity index (χ4v) is 4.79. The second kappa shape index (κ2) is 7.64. The van der Waals surface area contributed by atoms with Crippen LogP contribution in [0.2, 0.25) is 0 Å². The molecule has 3 N–H and O–H groups in total. The molecule has 0 aromatic heterocycles. The van der Waals surface area contributed by atoms with Crippen LogP contribution < -0.4 is 11.1 Å². The van der Waals surface area contributed by atoms with E-state index in [-0.39, 0.29) is 30.2 Å². The van der Waals surface area contributed by atoms with Crippen LogP contribution >= 0.6 is 0 Å². The van der Waals surface area contributed by atoms with E-state index < -0.39 is 6.04 Å². The second-order valence-electron chi connectivity index (χ2n) is 8.32. The molecule has 1 saturated carbocycles. The van der Waals surface area contributed by atoms with Crippen LogP contribution in [0.5, 0.6) is 0 Å². The summed E-state index contributed by atoms with van der Waals surface area (Å²) in [6, 6.07) is 6.02. The normalized spacial score (nSPS) is 27.9. The molecule has 7 heteroatoms. The molecule has 3 atom stereocenters. The molecule has 0 spiro atoms. The predicted octanol–water partition coefficient (Wildman–Crippen LogP) is 1.15. The molecule has 28 heavy (non-hydrogen) atoms. The first-order valence-electron chi connectivity index (χ1n) is 10.2. The van der Waals surface area contributed by atoms with Gasteiger partial charge in [-0.15, -0.1) is 0 Å². The summed E-state index contributed by atoms with van der Waals surface area (Å²) in [5.74, 6) is -0.760. The van der Waals surface area contributed by atoms with Crippen molar-refractivity contribution >= 4 is 17.7 Å². The number of hydrogen-bond acceptors (Lipinski definition) is 5. The lowest BCUT2D eigenvalue weighted by atomic mass is 9.90. The zero-order chi connectivity index (χ0) is 19.8. The first kappa shape index (κ1) is 19.1. The monoisotopic (exact) mass is 384 g/mol. The maximum Gasteiger partial charge on any atom is 0.255 e. The van der Waals surface area contributed by atoms with Crippen LogP contribution in [0.1, 0.15) is 60.0 Å². The largest absolute Gasteiger partial charge is 0.326 e. The zero-order valence-electron chi connectivity index (χ0n) is 16.3. The van der Waals surface area contributed by atoms with Crippen molar-refractivity contribution in [1.29, 1.82) is 0 Å². The minimum absolute atomic E-state index is 0.122. The van der Waals surface area contributed by atoms with Gasteiger partial charge in [0.15, 0.2) is 0 Å². The average molecular weight is 384 g/mol. The molecule has 0 radical (unpaired) electrons. The highest BCUT2D eigenvalue weighted by Gasteiger charge is 2.39. The summed E-state index contributed by atoms with van der Waals surface area (Å²) in [5, 5.41) is 2.34. The molecule has 7 nitrogen and oxygen atoms in total. The van der Waals surface area contributed by atoms with E-state index in [1.54, 1.807) is 4.90 Å². The second-order valence-corrected chi connectivity index (χ2v) is 8.32. The number of rotatable bonds is 4. The van der Waals surface area contributed by atoms with Gasteiger partial charge in [0.25, 0.3) is 5.91 Å². The molecule has 1 saturated heterocycles. The summed E-state index contributed by atoms with van der Waals surface area (Å²) in [6.45, 7) is 1.17. The number of carbonyl (C=O) groups excluding carboxylic acids is 3. The van der Waals surface area contributed by atoms with Crippen LogP contribution in [0.3, 0.4) is 0 Å². The summed E-state index contributed by atoms with van der Waals surface area (Å²) in [6.07, 6.45) is 5.26. The maximum absolute atomic E-state index is 12.9. The minimum atomic E-state index is -0.566. The van der Waals surface area contributed by atoms with E-state index in [1.807, 2.05) is 12.1 Å². The van der Waals surface area contributed by atoms with Gasteiger partial charge in [0.05, 0.1) is 0 Å². The van der Waals surface area contributed by atoms with Crippen LogP contribution in [0.15, 0.2) is 18.2 Å². The van der Waals surface area contributed by atoms with Gasteiger partial charge in [0.1, 0.15) is 6.04 Å². The van der Waals surface area contributed by atoms with Crippen molar-refractivity contribution in [1.82, 2.24) is 15.1 Å². The van der Waals surface area contributed by atoms with Crippen molar-refractivity contribution in [2.24, 2.45) is 5.73 Å². The van der Waals surface area contributed by atoms with Gasteiger partial charge in [-0.25, -0.2) is 0 Å². The molecule has 0 bridgehead atoms. The maximum atomic E-state index is 12.9. The number of imide groups is 1. The van der Waals surface area contributed by atoms with Gasteiger partial charge in [-0.2, -0.15) is 0 Å². The molecule has 2 fully saturated rings. The standard InChI is InChI=1S/C21H28N4O3/c1-24(17-5-3-2-4-16(17)22)11-13-6-7-14-12-25(21(28)15(14)10-13)18-8-9-19(26)23-20(18)27/h6-7,10,16-18H,2-5,8-9,11-12,22H2,1H3,(H,23,26,27)/t16-,17+,18?/m0/s1.